The maximum absolute atomic E-state index is 12.7. The molecule has 1 aromatic heterocycles. The zero-order valence-corrected chi connectivity index (χ0v) is 16.1. The number of para-hydroxylation sites is 1. The molecular weight excluding hydrogens is 380 g/mol. The quantitative estimate of drug-likeness (QED) is 0.665. The number of halogens is 2. The van der Waals surface area contributed by atoms with Crippen molar-refractivity contribution in [1.82, 2.24) is 14.8 Å². The number of ether oxygens (including phenoxy) is 2. The normalized spacial score (nSPS) is 15.1. The number of hydrogen-bond donors (Lipinski definition) is 0. The number of rotatable bonds is 7. The highest BCUT2D eigenvalue weighted by atomic mass is 19.3. The van der Waals surface area contributed by atoms with Crippen molar-refractivity contribution in [2.75, 3.05) is 33.3 Å². The van der Waals surface area contributed by atoms with Gasteiger partial charge in [0, 0.05) is 50.6 Å². The predicted molar refractivity (Wildman–Crippen MR) is 105 cm³/mol. The van der Waals surface area contributed by atoms with E-state index in [-0.39, 0.29) is 17.4 Å². The van der Waals surface area contributed by atoms with Crippen LogP contribution >= 0.6 is 0 Å². The molecule has 0 unspecified atom stereocenters. The van der Waals surface area contributed by atoms with E-state index in [9.17, 15) is 13.6 Å². The molecule has 0 atom stereocenters. The Bertz CT molecular complexity index is 838. The summed E-state index contributed by atoms with van der Waals surface area (Å²) in [6.07, 6.45) is 4.62. The SMILES string of the molecule is COc1cccc(C=CC(=O)N2CCN(Cc3ccccn3)CC2)c1OC(F)F. The van der Waals surface area contributed by atoms with Crippen LogP contribution in [0.15, 0.2) is 48.7 Å². The molecule has 0 bridgehead atoms. The molecule has 0 N–H and O–H groups in total. The Balaban J connectivity index is 1.59. The Kier molecular flexibility index (Phi) is 7.13. The summed E-state index contributed by atoms with van der Waals surface area (Å²) in [5.41, 5.74) is 1.35. The van der Waals surface area contributed by atoms with Crippen molar-refractivity contribution < 1.29 is 23.0 Å². The fraction of sp³-hybridized carbons (Fsp3) is 0.333. The number of hydrogen-bond acceptors (Lipinski definition) is 5. The molecule has 1 aromatic carbocycles. The van der Waals surface area contributed by atoms with E-state index in [1.807, 2.05) is 18.2 Å². The molecule has 2 heterocycles. The second kappa shape index (κ2) is 9.97. The van der Waals surface area contributed by atoms with Gasteiger partial charge in [-0.25, -0.2) is 0 Å². The zero-order valence-electron chi connectivity index (χ0n) is 16.1. The number of carbonyl (C=O) groups excluding carboxylic acids is 1. The molecule has 1 amide bonds. The highest BCUT2D eigenvalue weighted by Crippen LogP contribution is 2.33. The summed E-state index contributed by atoms with van der Waals surface area (Å²) in [5, 5.41) is 0. The lowest BCUT2D eigenvalue weighted by atomic mass is 10.1. The van der Waals surface area contributed by atoms with Crippen LogP contribution < -0.4 is 9.47 Å². The van der Waals surface area contributed by atoms with Gasteiger partial charge in [0.1, 0.15) is 0 Å². The summed E-state index contributed by atoms with van der Waals surface area (Å²) in [4.78, 5) is 20.8. The largest absolute Gasteiger partial charge is 0.493 e. The van der Waals surface area contributed by atoms with Crippen LogP contribution in [-0.4, -0.2) is 60.6 Å². The Labute approximate surface area is 168 Å². The van der Waals surface area contributed by atoms with Gasteiger partial charge in [0.25, 0.3) is 0 Å². The minimum Gasteiger partial charge on any atom is -0.493 e. The van der Waals surface area contributed by atoms with Crippen LogP contribution in [0.5, 0.6) is 11.5 Å². The molecule has 6 nitrogen and oxygen atoms in total. The Hall–Kier alpha value is -3.00. The molecule has 1 saturated heterocycles. The number of benzene rings is 1. The predicted octanol–water partition coefficient (Wildman–Crippen LogP) is 3.05. The van der Waals surface area contributed by atoms with Gasteiger partial charge in [-0.05, 0) is 24.3 Å². The van der Waals surface area contributed by atoms with Crippen LogP contribution in [0.25, 0.3) is 6.08 Å². The van der Waals surface area contributed by atoms with E-state index in [4.69, 9.17) is 4.74 Å². The lowest BCUT2D eigenvalue weighted by Crippen LogP contribution is -2.47. The van der Waals surface area contributed by atoms with Gasteiger partial charge in [0.05, 0.1) is 12.8 Å². The van der Waals surface area contributed by atoms with Crippen molar-refractivity contribution in [3.05, 3.63) is 59.9 Å². The summed E-state index contributed by atoms with van der Waals surface area (Å²) in [6.45, 7) is 0.436. The number of alkyl halides is 2. The average molecular weight is 403 g/mol. The van der Waals surface area contributed by atoms with E-state index >= 15 is 0 Å². The van der Waals surface area contributed by atoms with Gasteiger partial charge in [-0.1, -0.05) is 18.2 Å². The third-order valence-corrected chi connectivity index (χ3v) is 4.64. The van der Waals surface area contributed by atoms with Gasteiger partial charge < -0.3 is 14.4 Å². The Morgan fingerprint density at radius 3 is 2.62 bits per heavy atom. The lowest BCUT2D eigenvalue weighted by Gasteiger charge is -2.34. The van der Waals surface area contributed by atoms with Gasteiger partial charge in [-0.2, -0.15) is 8.78 Å². The second-order valence-electron chi connectivity index (χ2n) is 6.51. The number of pyridine rings is 1. The first-order chi connectivity index (χ1) is 14.1. The summed E-state index contributed by atoms with van der Waals surface area (Å²) in [7, 11) is 1.37. The number of piperazine rings is 1. The number of methoxy groups -OCH3 is 1. The highest BCUT2D eigenvalue weighted by molar-refractivity contribution is 5.92. The van der Waals surface area contributed by atoms with Crippen LogP contribution in [0.2, 0.25) is 0 Å². The van der Waals surface area contributed by atoms with E-state index in [2.05, 4.69) is 14.6 Å². The maximum Gasteiger partial charge on any atom is 0.387 e. The summed E-state index contributed by atoms with van der Waals surface area (Å²) >= 11 is 0. The molecule has 0 spiro atoms. The molecule has 0 radical (unpaired) electrons. The Morgan fingerprint density at radius 2 is 1.97 bits per heavy atom. The summed E-state index contributed by atoms with van der Waals surface area (Å²) in [5.74, 6) is -0.0782. The standard InChI is InChI=1S/C21H23F2N3O3/c1-28-18-7-4-5-16(20(18)29-21(22)23)8-9-19(27)26-13-11-25(12-14-26)15-17-6-2-3-10-24-17/h2-10,21H,11-15H2,1H3. The van der Waals surface area contributed by atoms with Crippen molar-refractivity contribution in [1.29, 1.82) is 0 Å². The van der Waals surface area contributed by atoms with E-state index in [0.29, 0.717) is 18.7 Å². The van der Waals surface area contributed by atoms with E-state index in [0.717, 1.165) is 25.3 Å². The van der Waals surface area contributed by atoms with Gasteiger partial charge >= 0.3 is 6.61 Å². The molecule has 1 aliphatic rings. The van der Waals surface area contributed by atoms with Crippen molar-refractivity contribution in [3.63, 3.8) is 0 Å². The van der Waals surface area contributed by atoms with Crippen molar-refractivity contribution >= 4 is 12.0 Å². The van der Waals surface area contributed by atoms with E-state index in [1.54, 1.807) is 23.2 Å². The van der Waals surface area contributed by atoms with Crippen LogP contribution in [0.3, 0.4) is 0 Å². The molecule has 1 aliphatic heterocycles. The summed E-state index contributed by atoms with van der Waals surface area (Å²) in [6, 6.07) is 10.6. The molecule has 29 heavy (non-hydrogen) atoms. The lowest BCUT2D eigenvalue weighted by molar-refractivity contribution is -0.127. The average Bonchev–Trinajstić information content (AvgIpc) is 2.73. The Morgan fingerprint density at radius 1 is 1.17 bits per heavy atom. The van der Waals surface area contributed by atoms with Crippen molar-refractivity contribution in [2.24, 2.45) is 0 Å². The van der Waals surface area contributed by atoms with Gasteiger partial charge in [0.2, 0.25) is 5.91 Å². The van der Waals surface area contributed by atoms with Gasteiger partial charge in [-0.3, -0.25) is 14.7 Å². The topological polar surface area (TPSA) is 54.9 Å². The molecule has 2 aromatic rings. The molecule has 8 heteroatoms. The van der Waals surface area contributed by atoms with Gasteiger partial charge in [-0.15, -0.1) is 0 Å². The van der Waals surface area contributed by atoms with Crippen LogP contribution in [-0.2, 0) is 11.3 Å². The molecular formula is C21H23F2N3O3. The van der Waals surface area contributed by atoms with Crippen molar-refractivity contribution in [3.8, 4) is 11.5 Å². The molecule has 0 aliphatic carbocycles. The fourth-order valence-electron chi connectivity index (χ4n) is 3.15. The highest BCUT2D eigenvalue weighted by Gasteiger charge is 2.20. The second-order valence-corrected chi connectivity index (χ2v) is 6.51. The number of amides is 1. The molecule has 0 saturated carbocycles. The van der Waals surface area contributed by atoms with Crippen LogP contribution in [0.4, 0.5) is 8.78 Å². The molecule has 1 fully saturated rings. The number of carbonyl (C=O) groups is 1. The van der Waals surface area contributed by atoms with E-state index in [1.165, 1.54) is 25.3 Å². The van der Waals surface area contributed by atoms with Crippen LogP contribution in [0.1, 0.15) is 11.3 Å². The summed E-state index contributed by atoms with van der Waals surface area (Å²) < 4.78 is 35.1. The first-order valence-electron chi connectivity index (χ1n) is 9.28. The molecule has 154 valence electrons. The minimum atomic E-state index is -2.98. The smallest absolute Gasteiger partial charge is 0.387 e. The number of nitrogens with zero attached hydrogens (tertiary/aromatic N) is 3. The van der Waals surface area contributed by atoms with Gasteiger partial charge in [0.15, 0.2) is 11.5 Å². The van der Waals surface area contributed by atoms with E-state index < -0.39 is 6.61 Å². The first kappa shape index (κ1) is 20.7. The third-order valence-electron chi connectivity index (χ3n) is 4.64. The number of aromatic nitrogens is 1. The monoisotopic (exact) mass is 403 g/mol. The zero-order chi connectivity index (χ0) is 20.6. The first-order valence-corrected chi connectivity index (χ1v) is 9.28. The fourth-order valence-corrected chi connectivity index (χ4v) is 3.15. The maximum atomic E-state index is 12.7. The third kappa shape index (κ3) is 5.74. The minimum absolute atomic E-state index is 0.0887. The molecule has 3 rings (SSSR count). The van der Waals surface area contributed by atoms with Crippen molar-refractivity contribution in [2.45, 2.75) is 13.2 Å². The van der Waals surface area contributed by atoms with Crippen LogP contribution in [0, 0.1) is 0 Å².